The third-order valence-corrected chi connectivity index (χ3v) is 1.99. The quantitative estimate of drug-likeness (QED) is 0.472. The summed E-state index contributed by atoms with van der Waals surface area (Å²) in [4.78, 5) is 4.84. The summed E-state index contributed by atoms with van der Waals surface area (Å²) in [7, 11) is 0. The molecule has 12 heavy (non-hydrogen) atoms. The van der Waals surface area contributed by atoms with E-state index in [1.807, 2.05) is 31.2 Å². The summed E-state index contributed by atoms with van der Waals surface area (Å²) in [5.74, 6) is 0. The summed E-state index contributed by atoms with van der Waals surface area (Å²) in [6.07, 6.45) is 1.71. The van der Waals surface area contributed by atoms with E-state index >= 15 is 0 Å². The molecule has 0 unspecified atom stereocenters. The van der Waals surface area contributed by atoms with Crippen LogP contribution in [0.2, 0.25) is 0 Å². The standard InChI is InChI=1S/C9H10INO/c1-2-12-11-7-8-3-5-9(10)6-4-8/h3-7H,2H2,1H3/b11-7+. The third-order valence-electron chi connectivity index (χ3n) is 1.28. The van der Waals surface area contributed by atoms with Gasteiger partial charge in [0.1, 0.15) is 6.61 Å². The number of hydrogen-bond acceptors (Lipinski definition) is 2. The Morgan fingerprint density at radius 3 is 2.67 bits per heavy atom. The Morgan fingerprint density at radius 2 is 2.08 bits per heavy atom. The maximum Gasteiger partial charge on any atom is 0.114 e. The molecule has 0 heterocycles. The lowest BCUT2D eigenvalue weighted by atomic mass is 10.2. The second-order valence-electron chi connectivity index (χ2n) is 2.20. The van der Waals surface area contributed by atoms with Crippen LogP contribution in [-0.2, 0) is 4.84 Å². The van der Waals surface area contributed by atoms with Gasteiger partial charge in [0.05, 0.1) is 6.21 Å². The second kappa shape index (κ2) is 5.13. The first kappa shape index (κ1) is 9.51. The van der Waals surface area contributed by atoms with Gasteiger partial charge in [-0.2, -0.15) is 0 Å². The highest BCUT2D eigenvalue weighted by Crippen LogP contribution is 2.04. The van der Waals surface area contributed by atoms with Crippen LogP contribution in [0.5, 0.6) is 0 Å². The lowest BCUT2D eigenvalue weighted by molar-refractivity contribution is 0.160. The normalized spacial score (nSPS) is 10.5. The van der Waals surface area contributed by atoms with Gasteiger partial charge < -0.3 is 4.84 Å². The average molecular weight is 275 g/mol. The SMILES string of the molecule is CCO/N=C/c1ccc(I)cc1. The molecular formula is C9H10INO. The van der Waals surface area contributed by atoms with Gasteiger partial charge in [-0.25, -0.2) is 0 Å². The minimum Gasteiger partial charge on any atom is -0.396 e. The zero-order valence-electron chi connectivity index (χ0n) is 6.83. The molecule has 0 fully saturated rings. The van der Waals surface area contributed by atoms with E-state index in [0.717, 1.165) is 5.56 Å². The highest BCUT2D eigenvalue weighted by atomic mass is 127. The van der Waals surface area contributed by atoms with Crippen molar-refractivity contribution in [3.05, 3.63) is 33.4 Å². The largest absolute Gasteiger partial charge is 0.396 e. The molecule has 0 atom stereocenters. The van der Waals surface area contributed by atoms with Gasteiger partial charge in [-0.05, 0) is 47.2 Å². The van der Waals surface area contributed by atoms with E-state index in [9.17, 15) is 0 Å². The minimum atomic E-state index is 0.612. The van der Waals surface area contributed by atoms with Crippen LogP contribution in [0.15, 0.2) is 29.4 Å². The molecule has 1 aromatic carbocycles. The predicted octanol–water partition coefficient (Wildman–Crippen LogP) is 2.66. The number of oxime groups is 1. The monoisotopic (exact) mass is 275 g/mol. The van der Waals surface area contributed by atoms with Crippen LogP contribution in [0.1, 0.15) is 12.5 Å². The Bertz CT molecular complexity index is 256. The summed E-state index contributed by atoms with van der Waals surface area (Å²) < 4.78 is 1.22. The van der Waals surface area contributed by atoms with Crippen molar-refractivity contribution < 1.29 is 4.84 Å². The van der Waals surface area contributed by atoms with E-state index in [0.29, 0.717) is 6.61 Å². The molecule has 0 N–H and O–H groups in total. The Labute approximate surface area is 85.8 Å². The van der Waals surface area contributed by atoms with E-state index < -0.39 is 0 Å². The van der Waals surface area contributed by atoms with Crippen LogP contribution in [0.25, 0.3) is 0 Å². The maximum atomic E-state index is 4.84. The number of nitrogens with zero attached hydrogens (tertiary/aromatic N) is 1. The van der Waals surface area contributed by atoms with Gasteiger partial charge in [-0.1, -0.05) is 17.3 Å². The molecule has 0 aliphatic rings. The van der Waals surface area contributed by atoms with E-state index in [1.54, 1.807) is 6.21 Å². The zero-order chi connectivity index (χ0) is 8.81. The van der Waals surface area contributed by atoms with Gasteiger partial charge in [0, 0.05) is 3.57 Å². The maximum absolute atomic E-state index is 4.84. The molecule has 0 saturated carbocycles. The number of rotatable bonds is 3. The van der Waals surface area contributed by atoms with Crippen molar-refractivity contribution in [1.29, 1.82) is 0 Å². The summed E-state index contributed by atoms with van der Waals surface area (Å²) in [6, 6.07) is 8.08. The van der Waals surface area contributed by atoms with E-state index in [4.69, 9.17) is 4.84 Å². The van der Waals surface area contributed by atoms with Gasteiger partial charge in [-0.15, -0.1) is 0 Å². The smallest absolute Gasteiger partial charge is 0.114 e. The zero-order valence-corrected chi connectivity index (χ0v) is 8.98. The molecule has 0 aliphatic heterocycles. The van der Waals surface area contributed by atoms with Crippen LogP contribution < -0.4 is 0 Å². The van der Waals surface area contributed by atoms with Crippen molar-refractivity contribution in [3.8, 4) is 0 Å². The molecule has 0 spiro atoms. The molecule has 0 radical (unpaired) electrons. The first-order valence-corrected chi connectivity index (χ1v) is 4.81. The lowest BCUT2D eigenvalue weighted by Gasteiger charge is -1.93. The molecule has 1 rings (SSSR count). The molecule has 1 aromatic rings. The van der Waals surface area contributed by atoms with Crippen LogP contribution in [0.3, 0.4) is 0 Å². The van der Waals surface area contributed by atoms with Crippen LogP contribution >= 0.6 is 22.6 Å². The fraction of sp³-hybridized carbons (Fsp3) is 0.222. The summed E-state index contributed by atoms with van der Waals surface area (Å²) in [6.45, 7) is 2.52. The molecule has 0 aromatic heterocycles. The van der Waals surface area contributed by atoms with Crippen molar-refractivity contribution in [2.24, 2.45) is 5.16 Å². The minimum absolute atomic E-state index is 0.612. The van der Waals surface area contributed by atoms with Crippen molar-refractivity contribution in [2.45, 2.75) is 6.92 Å². The first-order chi connectivity index (χ1) is 5.83. The van der Waals surface area contributed by atoms with Crippen molar-refractivity contribution >= 4 is 28.8 Å². The Morgan fingerprint density at radius 1 is 1.42 bits per heavy atom. The third kappa shape index (κ3) is 3.21. The molecule has 64 valence electrons. The summed E-state index contributed by atoms with van der Waals surface area (Å²) in [5, 5.41) is 3.76. The second-order valence-corrected chi connectivity index (χ2v) is 3.45. The Hall–Kier alpha value is -0.580. The Kier molecular flexibility index (Phi) is 4.07. The molecule has 3 heteroatoms. The molecule has 0 bridgehead atoms. The fourth-order valence-electron chi connectivity index (χ4n) is 0.722. The van der Waals surface area contributed by atoms with E-state index in [-0.39, 0.29) is 0 Å². The average Bonchev–Trinajstić information content (AvgIpc) is 2.09. The molecule has 0 aliphatic carbocycles. The van der Waals surface area contributed by atoms with Crippen molar-refractivity contribution in [3.63, 3.8) is 0 Å². The van der Waals surface area contributed by atoms with Gasteiger partial charge in [-0.3, -0.25) is 0 Å². The van der Waals surface area contributed by atoms with E-state index in [1.165, 1.54) is 3.57 Å². The fourth-order valence-corrected chi connectivity index (χ4v) is 1.08. The predicted molar refractivity (Wildman–Crippen MR) is 58.4 cm³/mol. The summed E-state index contributed by atoms with van der Waals surface area (Å²) >= 11 is 2.27. The van der Waals surface area contributed by atoms with Crippen LogP contribution in [0.4, 0.5) is 0 Å². The van der Waals surface area contributed by atoms with E-state index in [2.05, 4.69) is 27.7 Å². The Balaban J connectivity index is 2.58. The highest BCUT2D eigenvalue weighted by Gasteiger charge is 1.87. The van der Waals surface area contributed by atoms with Crippen molar-refractivity contribution in [1.82, 2.24) is 0 Å². The lowest BCUT2D eigenvalue weighted by Crippen LogP contribution is -1.84. The van der Waals surface area contributed by atoms with Crippen molar-refractivity contribution in [2.75, 3.05) is 6.61 Å². The highest BCUT2D eigenvalue weighted by molar-refractivity contribution is 14.1. The first-order valence-electron chi connectivity index (χ1n) is 3.74. The van der Waals surface area contributed by atoms with Gasteiger partial charge in [0.2, 0.25) is 0 Å². The molecule has 2 nitrogen and oxygen atoms in total. The van der Waals surface area contributed by atoms with Gasteiger partial charge in [0.15, 0.2) is 0 Å². The molecule has 0 amide bonds. The molecular weight excluding hydrogens is 265 g/mol. The molecule has 0 saturated heterocycles. The van der Waals surface area contributed by atoms with Crippen LogP contribution in [-0.4, -0.2) is 12.8 Å². The topological polar surface area (TPSA) is 21.6 Å². The van der Waals surface area contributed by atoms with Gasteiger partial charge >= 0.3 is 0 Å². The summed E-state index contributed by atoms with van der Waals surface area (Å²) in [5.41, 5.74) is 1.06. The number of halogens is 1. The van der Waals surface area contributed by atoms with Gasteiger partial charge in [0.25, 0.3) is 0 Å². The number of benzene rings is 1. The number of hydrogen-bond donors (Lipinski definition) is 0. The van der Waals surface area contributed by atoms with Crippen LogP contribution in [0, 0.1) is 3.57 Å².